The zero-order valence-electron chi connectivity index (χ0n) is 6.24. The van der Waals surface area contributed by atoms with Gasteiger partial charge in [-0.15, -0.1) is 0 Å². The second-order valence-electron chi connectivity index (χ2n) is 2.99. The summed E-state index contributed by atoms with van der Waals surface area (Å²) in [6, 6.07) is 0. The van der Waals surface area contributed by atoms with Crippen molar-refractivity contribution in [2.45, 2.75) is 32.4 Å². The van der Waals surface area contributed by atoms with Gasteiger partial charge in [0.25, 0.3) is 0 Å². The van der Waals surface area contributed by atoms with E-state index in [0.717, 1.165) is 13.2 Å². The summed E-state index contributed by atoms with van der Waals surface area (Å²) in [5.74, 6) is 0. The molecule has 0 unspecified atom stereocenters. The molecule has 1 N–H and O–H groups in total. The van der Waals surface area contributed by atoms with E-state index in [9.17, 15) is 0 Å². The van der Waals surface area contributed by atoms with Gasteiger partial charge in [0, 0.05) is 6.61 Å². The van der Waals surface area contributed by atoms with Crippen molar-refractivity contribution in [3.05, 3.63) is 0 Å². The highest BCUT2D eigenvalue weighted by molar-refractivity contribution is 4.67. The maximum Gasteiger partial charge on any atom is 0.113 e. The Labute approximate surface area is 56.6 Å². The average molecular weight is 129 g/mol. The number of hydrogen-bond donors (Lipinski definition) is 1. The topological polar surface area (TPSA) is 21.3 Å². The lowest BCUT2D eigenvalue weighted by atomic mass is 10.3. The second-order valence-corrected chi connectivity index (χ2v) is 2.99. The van der Waals surface area contributed by atoms with Crippen molar-refractivity contribution in [3.8, 4) is 0 Å². The fraction of sp³-hybridized carbons (Fsp3) is 1.00. The molecular formula is C7H15NO. The van der Waals surface area contributed by atoms with E-state index < -0.39 is 0 Å². The van der Waals surface area contributed by atoms with Crippen LogP contribution < -0.4 is 5.32 Å². The number of hydrogen-bond acceptors (Lipinski definition) is 2. The lowest BCUT2D eigenvalue weighted by molar-refractivity contribution is -0.0308. The molecule has 0 amide bonds. The van der Waals surface area contributed by atoms with Crippen LogP contribution in [0.15, 0.2) is 0 Å². The predicted molar refractivity (Wildman–Crippen MR) is 37.3 cm³/mol. The quantitative estimate of drug-likeness (QED) is 0.529. The molecule has 0 aromatic carbocycles. The zero-order chi connectivity index (χ0) is 6.74. The van der Waals surface area contributed by atoms with Crippen molar-refractivity contribution in [1.82, 2.24) is 5.32 Å². The molecule has 0 aromatic heterocycles. The van der Waals surface area contributed by atoms with E-state index >= 15 is 0 Å². The van der Waals surface area contributed by atoms with Gasteiger partial charge in [-0.2, -0.15) is 0 Å². The summed E-state index contributed by atoms with van der Waals surface area (Å²) in [6.45, 7) is 6.13. The molecule has 0 spiro atoms. The van der Waals surface area contributed by atoms with Crippen LogP contribution >= 0.6 is 0 Å². The van der Waals surface area contributed by atoms with Gasteiger partial charge in [0.1, 0.15) is 5.72 Å². The normalized spacial score (nSPS) is 27.3. The first-order valence-corrected chi connectivity index (χ1v) is 3.60. The SMILES string of the molecule is CC1(C)NCCCCO1. The Morgan fingerprint density at radius 2 is 2.11 bits per heavy atom. The Kier molecular flexibility index (Phi) is 2.09. The highest BCUT2D eigenvalue weighted by Crippen LogP contribution is 2.09. The van der Waals surface area contributed by atoms with Crippen molar-refractivity contribution in [2.24, 2.45) is 0 Å². The smallest absolute Gasteiger partial charge is 0.113 e. The molecular weight excluding hydrogens is 114 g/mol. The molecule has 1 fully saturated rings. The molecule has 2 heteroatoms. The fourth-order valence-corrected chi connectivity index (χ4v) is 0.995. The Bertz CT molecular complexity index is 80.9. The molecule has 0 radical (unpaired) electrons. The zero-order valence-corrected chi connectivity index (χ0v) is 6.24. The van der Waals surface area contributed by atoms with Crippen LogP contribution in [0.25, 0.3) is 0 Å². The summed E-state index contributed by atoms with van der Waals surface area (Å²) in [7, 11) is 0. The number of ether oxygens (including phenoxy) is 1. The highest BCUT2D eigenvalue weighted by Gasteiger charge is 2.18. The summed E-state index contributed by atoms with van der Waals surface area (Å²) in [4.78, 5) is 0. The summed E-state index contributed by atoms with van der Waals surface area (Å²) < 4.78 is 5.48. The third-order valence-corrected chi connectivity index (χ3v) is 1.58. The standard InChI is InChI=1S/C7H15NO/c1-7(2)8-5-3-4-6-9-7/h8H,3-6H2,1-2H3. The van der Waals surface area contributed by atoms with Gasteiger partial charge in [-0.1, -0.05) is 0 Å². The minimum absolute atomic E-state index is 0.0868. The van der Waals surface area contributed by atoms with E-state index in [-0.39, 0.29) is 5.72 Å². The van der Waals surface area contributed by atoms with Gasteiger partial charge in [-0.25, -0.2) is 0 Å². The van der Waals surface area contributed by atoms with E-state index in [2.05, 4.69) is 19.2 Å². The highest BCUT2D eigenvalue weighted by atomic mass is 16.5. The molecule has 0 aromatic rings. The first-order chi connectivity index (χ1) is 4.21. The monoisotopic (exact) mass is 129 g/mol. The van der Waals surface area contributed by atoms with Crippen molar-refractivity contribution < 1.29 is 4.74 Å². The Balaban J connectivity index is 2.36. The minimum atomic E-state index is -0.0868. The minimum Gasteiger partial charge on any atom is -0.361 e. The van der Waals surface area contributed by atoms with Gasteiger partial charge < -0.3 is 4.74 Å². The van der Waals surface area contributed by atoms with Gasteiger partial charge in [0.15, 0.2) is 0 Å². The van der Waals surface area contributed by atoms with E-state index in [1.807, 2.05) is 0 Å². The molecule has 1 heterocycles. The third kappa shape index (κ3) is 2.33. The van der Waals surface area contributed by atoms with Crippen molar-refractivity contribution in [1.29, 1.82) is 0 Å². The molecule has 1 rings (SSSR count). The van der Waals surface area contributed by atoms with Crippen LogP contribution in [0.2, 0.25) is 0 Å². The molecule has 1 aliphatic rings. The Hall–Kier alpha value is -0.0800. The Morgan fingerprint density at radius 3 is 2.89 bits per heavy atom. The van der Waals surface area contributed by atoms with E-state index in [1.54, 1.807) is 0 Å². The second kappa shape index (κ2) is 2.67. The summed E-state index contributed by atoms with van der Waals surface area (Å²) in [5, 5.41) is 3.30. The van der Waals surface area contributed by atoms with E-state index in [4.69, 9.17) is 4.74 Å². The fourth-order valence-electron chi connectivity index (χ4n) is 0.995. The van der Waals surface area contributed by atoms with E-state index in [1.165, 1.54) is 12.8 Å². The van der Waals surface area contributed by atoms with Crippen LogP contribution in [0.1, 0.15) is 26.7 Å². The van der Waals surface area contributed by atoms with Crippen LogP contribution in [0.3, 0.4) is 0 Å². The molecule has 1 saturated heterocycles. The molecule has 0 aliphatic carbocycles. The largest absolute Gasteiger partial charge is 0.361 e. The first kappa shape index (κ1) is 7.03. The number of nitrogens with one attached hydrogen (secondary N) is 1. The van der Waals surface area contributed by atoms with Gasteiger partial charge in [-0.05, 0) is 33.2 Å². The van der Waals surface area contributed by atoms with Gasteiger partial charge in [0.05, 0.1) is 0 Å². The van der Waals surface area contributed by atoms with Crippen molar-refractivity contribution in [3.63, 3.8) is 0 Å². The lowest BCUT2D eigenvalue weighted by Gasteiger charge is -2.23. The number of rotatable bonds is 0. The summed E-state index contributed by atoms with van der Waals surface area (Å²) in [5.41, 5.74) is -0.0868. The molecule has 1 aliphatic heterocycles. The maximum absolute atomic E-state index is 5.48. The van der Waals surface area contributed by atoms with Gasteiger partial charge in [0.2, 0.25) is 0 Å². The molecule has 0 bridgehead atoms. The maximum atomic E-state index is 5.48. The van der Waals surface area contributed by atoms with Crippen LogP contribution in [-0.4, -0.2) is 18.9 Å². The average Bonchev–Trinajstić information content (AvgIpc) is 1.92. The molecule has 2 nitrogen and oxygen atoms in total. The van der Waals surface area contributed by atoms with Gasteiger partial charge in [-0.3, -0.25) is 5.32 Å². The third-order valence-electron chi connectivity index (χ3n) is 1.58. The molecule has 0 atom stereocenters. The van der Waals surface area contributed by atoms with Crippen molar-refractivity contribution >= 4 is 0 Å². The van der Waals surface area contributed by atoms with Crippen molar-refractivity contribution in [2.75, 3.05) is 13.2 Å². The van der Waals surface area contributed by atoms with Gasteiger partial charge >= 0.3 is 0 Å². The summed E-state index contributed by atoms with van der Waals surface area (Å²) >= 11 is 0. The van der Waals surface area contributed by atoms with Crippen LogP contribution in [0.5, 0.6) is 0 Å². The van der Waals surface area contributed by atoms with E-state index in [0.29, 0.717) is 0 Å². The molecule has 9 heavy (non-hydrogen) atoms. The van der Waals surface area contributed by atoms with Crippen LogP contribution in [0, 0.1) is 0 Å². The molecule has 54 valence electrons. The first-order valence-electron chi connectivity index (χ1n) is 3.60. The summed E-state index contributed by atoms with van der Waals surface area (Å²) in [6.07, 6.45) is 2.43. The Morgan fingerprint density at radius 1 is 1.33 bits per heavy atom. The predicted octanol–water partition coefficient (Wildman–Crippen LogP) is 1.12. The lowest BCUT2D eigenvalue weighted by Crippen LogP contribution is -2.40. The van der Waals surface area contributed by atoms with Crippen LogP contribution in [0.4, 0.5) is 0 Å². The molecule has 0 saturated carbocycles. The van der Waals surface area contributed by atoms with Crippen LogP contribution in [-0.2, 0) is 4.74 Å².